The molecule has 0 aliphatic rings. The van der Waals surface area contributed by atoms with E-state index < -0.39 is 0 Å². The molecule has 0 fully saturated rings. The van der Waals surface area contributed by atoms with Crippen molar-refractivity contribution in [3.8, 4) is 0 Å². The molecule has 0 aliphatic heterocycles. The van der Waals surface area contributed by atoms with Gasteiger partial charge in [-0.1, -0.05) is 41.9 Å². The molecule has 0 aliphatic carbocycles. The maximum Gasteiger partial charge on any atom is 0.0480 e. The summed E-state index contributed by atoms with van der Waals surface area (Å²) >= 11 is 3.59. The summed E-state index contributed by atoms with van der Waals surface area (Å²) in [6, 6.07) is 8.74. The van der Waals surface area contributed by atoms with Gasteiger partial charge >= 0.3 is 0 Å². The Morgan fingerprint density at radius 2 is 2.00 bits per heavy atom. The molecule has 0 amide bonds. The number of rotatable bonds is 2. The molecule has 2 heteroatoms. The van der Waals surface area contributed by atoms with Crippen molar-refractivity contribution >= 4 is 26.8 Å². The zero-order chi connectivity index (χ0) is 11.1. The van der Waals surface area contributed by atoms with Crippen LogP contribution in [0.3, 0.4) is 0 Å². The Hall–Kier alpha value is -0.760. The Labute approximate surface area is 99.2 Å². The summed E-state index contributed by atoms with van der Waals surface area (Å²) in [6.07, 6.45) is 2.12. The summed E-state index contributed by atoms with van der Waals surface area (Å²) in [5.74, 6) is 0. The number of benzene rings is 1. The van der Waals surface area contributed by atoms with Gasteiger partial charge < -0.3 is 4.57 Å². The van der Waals surface area contributed by atoms with Crippen LogP contribution in [0.4, 0.5) is 0 Å². The molecule has 0 atom stereocenters. The van der Waals surface area contributed by atoms with Gasteiger partial charge in [-0.3, -0.25) is 0 Å². The van der Waals surface area contributed by atoms with Crippen LogP contribution in [0.1, 0.15) is 19.4 Å². The second-order valence-electron chi connectivity index (χ2n) is 4.68. The Morgan fingerprint density at radius 1 is 1.27 bits per heavy atom. The van der Waals surface area contributed by atoms with Crippen LogP contribution in [0, 0.1) is 0 Å². The molecule has 2 aromatic rings. The van der Waals surface area contributed by atoms with Crippen molar-refractivity contribution in [2.75, 3.05) is 5.33 Å². The highest BCUT2D eigenvalue weighted by atomic mass is 79.9. The second-order valence-corrected chi connectivity index (χ2v) is 5.24. The monoisotopic (exact) mass is 265 g/mol. The Kier molecular flexibility index (Phi) is 2.63. The third-order valence-electron chi connectivity index (χ3n) is 2.99. The van der Waals surface area contributed by atoms with E-state index in [0.29, 0.717) is 0 Å². The third kappa shape index (κ3) is 1.71. The molecule has 1 aromatic heterocycles. The zero-order valence-electron chi connectivity index (χ0n) is 9.42. The molecule has 80 valence electrons. The van der Waals surface area contributed by atoms with E-state index in [9.17, 15) is 0 Å². The summed E-state index contributed by atoms with van der Waals surface area (Å²) in [6.45, 7) is 4.53. The highest BCUT2D eigenvalue weighted by Gasteiger charge is 2.21. The number of nitrogens with zero attached hydrogens (tertiary/aromatic N) is 1. The number of hydrogen-bond donors (Lipinski definition) is 0. The normalized spacial score (nSPS) is 12.3. The average Bonchev–Trinajstić information content (AvgIpc) is 2.60. The lowest BCUT2D eigenvalue weighted by molar-refractivity contribution is 0.612. The molecule has 0 unspecified atom stereocenters. The summed E-state index contributed by atoms with van der Waals surface area (Å²) in [7, 11) is 2.09. The minimum absolute atomic E-state index is 0.181. The predicted octanol–water partition coefficient (Wildman–Crippen LogP) is 3.85. The first kappa shape index (κ1) is 10.7. The summed E-state index contributed by atoms with van der Waals surface area (Å²) < 4.78 is 2.17. The highest BCUT2D eigenvalue weighted by molar-refractivity contribution is 9.09. The highest BCUT2D eigenvalue weighted by Crippen LogP contribution is 2.31. The molecule has 1 heterocycles. The van der Waals surface area contributed by atoms with Crippen molar-refractivity contribution < 1.29 is 0 Å². The van der Waals surface area contributed by atoms with Crippen molar-refractivity contribution in [1.82, 2.24) is 4.57 Å². The molecule has 1 aromatic carbocycles. The first-order valence-electron chi connectivity index (χ1n) is 5.17. The molecule has 0 radical (unpaired) electrons. The molecule has 0 spiro atoms. The Bertz CT molecular complexity index is 482. The number of aryl methyl sites for hydroxylation is 1. The maximum absolute atomic E-state index is 3.59. The van der Waals surface area contributed by atoms with Crippen LogP contribution in [-0.2, 0) is 12.5 Å². The van der Waals surface area contributed by atoms with E-state index in [0.717, 1.165) is 5.33 Å². The Morgan fingerprint density at radius 3 is 2.67 bits per heavy atom. The quantitative estimate of drug-likeness (QED) is 0.727. The molecular formula is C13H16BrN. The van der Waals surface area contributed by atoms with Gasteiger partial charge in [-0.15, -0.1) is 0 Å². The molecule has 0 bridgehead atoms. The first-order valence-corrected chi connectivity index (χ1v) is 6.29. The van der Waals surface area contributed by atoms with Gasteiger partial charge in [0.05, 0.1) is 0 Å². The van der Waals surface area contributed by atoms with E-state index in [2.05, 4.69) is 71.9 Å². The minimum atomic E-state index is 0.181. The van der Waals surface area contributed by atoms with E-state index in [1.54, 1.807) is 0 Å². The fraction of sp³-hybridized carbons (Fsp3) is 0.385. The molecule has 1 nitrogen and oxygen atoms in total. The van der Waals surface area contributed by atoms with E-state index in [1.807, 2.05) is 0 Å². The van der Waals surface area contributed by atoms with Gasteiger partial charge in [-0.25, -0.2) is 0 Å². The van der Waals surface area contributed by atoms with Crippen LogP contribution in [0.15, 0.2) is 30.5 Å². The summed E-state index contributed by atoms with van der Waals surface area (Å²) in [5.41, 5.74) is 2.90. The molecule has 0 N–H and O–H groups in total. The average molecular weight is 266 g/mol. The second kappa shape index (κ2) is 3.67. The third-order valence-corrected chi connectivity index (χ3v) is 4.39. The minimum Gasteiger partial charge on any atom is -0.351 e. The van der Waals surface area contributed by atoms with Gasteiger partial charge in [0, 0.05) is 34.9 Å². The lowest BCUT2D eigenvalue weighted by atomic mass is 9.85. The van der Waals surface area contributed by atoms with Gasteiger partial charge in [-0.2, -0.15) is 0 Å². The van der Waals surface area contributed by atoms with Crippen molar-refractivity contribution in [2.45, 2.75) is 19.3 Å². The van der Waals surface area contributed by atoms with Gasteiger partial charge in [0.25, 0.3) is 0 Å². The van der Waals surface area contributed by atoms with Crippen LogP contribution in [0.5, 0.6) is 0 Å². The van der Waals surface area contributed by atoms with Gasteiger partial charge in [0.15, 0.2) is 0 Å². The maximum atomic E-state index is 3.59. The zero-order valence-corrected chi connectivity index (χ0v) is 11.0. The number of fused-ring (bicyclic) bond motifs is 1. The topological polar surface area (TPSA) is 4.93 Å². The molecule has 0 saturated heterocycles. The molecule has 2 rings (SSSR count). The lowest BCUT2D eigenvalue weighted by Gasteiger charge is -2.23. The van der Waals surface area contributed by atoms with Crippen molar-refractivity contribution in [3.05, 3.63) is 36.0 Å². The van der Waals surface area contributed by atoms with E-state index in [1.165, 1.54) is 16.5 Å². The summed E-state index contributed by atoms with van der Waals surface area (Å²) in [5, 5.41) is 2.35. The van der Waals surface area contributed by atoms with Crippen LogP contribution < -0.4 is 0 Å². The smallest absolute Gasteiger partial charge is 0.0480 e. The largest absolute Gasteiger partial charge is 0.351 e. The summed E-state index contributed by atoms with van der Waals surface area (Å²) in [4.78, 5) is 0. The van der Waals surface area contributed by atoms with Crippen LogP contribution >= 0.6 is 15.9 Å². The van der Waals surface area contributed by atoms with Crippen molar-refractivity contribution in [2.24, 2.45) is 7.05 Å². The SMILES string of the molecule is Cn1ccc2c(C(C)(C)CBr)cccc21. The van der Waals surface area contributed by atoms with Gasteiger partial charge in [0.1, 0.15) is 0 Å². The number of alkyl halides is 1. The van der Waals surface area contributed by atoms with Crippen LogP contribution in [-0.4, -0.2) is 9.90 Å². The number of hydrogen-bond acceptors (Lipinski definition) is 0. The first-order chi connectivity index (χ1) is 7.06. The van der Waals surface area contributed by atoms with Crippen LogP contribution in [0.2, 0.25) is 0 Å². The van der Waals surface area contributed by atoms with Crippen molar-refractivity contribution in [1.29, 1.82) is 0 Å². The fourth-order valence-corrected chi connectivity index (χ4v) is 2.27. The van der Waals surface area contributed by atoms with E-state index in [4.69, 9.17) is 0 Å². The van der Waals surface area contributed by atoms with E-state index in [-0.39, 0.29) is 5.41 Å². The lowest BCUT2D eigenvalue weighted by Crippen LogP contribution is -2.18. The Balaban J connectivity index is 2.71. The fourth-order valence-electron chi connectivity index (χ4n) is 1.96. The molecular weight excluding hydrogens is 250 g/mol. The van der Waals surface area contributed by atoms with E-state index >= 15 is 0 Å². The predicted molar refractivity (Wildman–Crippen MR) is 69.7 cm³/mol. The van der Waals surface area contributed by atoms with Gasteiger partial charge in [0.2, 0.25) is 0 Å². The standard InChI is InChI=1S/C13H16BrN/c1-13(2,9-14)11-5-4-6-12-10(11)7-8-15(12)3/h4-8H,9H2,1-3H3. The number of aromatic nitrogens is 1. The van der Waals surface area contributed by atoms with Crippen molar-refractivity contribution in [3.63, 3.8) is 0 Å². The van der Waals surface area contributed by atoms with Crippen LogP contribution in [0.25, 0.3) is 10.9 Å². The number of halogens is 1. The van der Waals surface area contributed by atoms with Gasteiger partial charge in [-0.05, 0) is 17.7 Å². The molecule has 0 saturated carbocycles. The molecule has 15 heavy (non-hydrogen) atoms.